The third kappa shape index (κ3) is 7.93. The van der Waals surface area contributed by atoms with E-state index in [1.807, 2.05) is 20.8 Å². The summed E-state index contributed by atoms with van der Waals surface area (Å²) >= 11 is 0. The molecule has 0 aromatic carbocycles. The van der Waals surface area contributed by atoms with Crippen molar-refractivity contribution in [3.05, 3.63) is 0 Å². The van der Waals surface area contributed by atoms with Crippen LogP contribution in [0, 0.1) is 0 Å². The van der Waals surface area contributed by atoms with Gasteiger partial charge in [-0.25, -0.2) is 0 Å². The number of amides is 2. The van der Waals surface area contributed by atoms with Gasteiger partial charge in [-0.05, 0) is 27.7 Å². The van der Waals surface area contributed by atoms with E-state index in [2.05, 4.69) is 10.6 Å². The Bertz CT molecular complexity index is 233. The van der Waals surface area contributed by atoms with E-state index in [1.54, 1.807) is 6.92 Å². The van der Waals surface area contributed by atoms with Crippen LogP contribution in [0.25, 0.3) is 0 Å². The molecular formula is C10H21N3O2. The molecule has 0 saturated carbocycles. The molecule has 0 aliphatic heterocycles. The Kier molecular flexibility index (Phi) is 5.28. The number of nitrogens with one attached hydrogen (secondary N) is 2. The predicted molar refractivity (Wildman–Crippen MR) is 59.2 cm³/mol. The van der Waals surface area contributed by atoms with Crippen LogP contribution in [-0.2, 0) is 9.59 Å². The summed E-state index contributed by atoms with van der Waals surface area (Å²) < 4.78 is 0. The maximum absolute atomic E-state index is 11.5. The summed E-state index contributed by atoms with van der Waals surface area (Å²) in [5, 5.41) is 5.76. The van der Waals surface area contributed by atoms with Gasteiger partial charge in [-0.1, -0.05) is 0 Å². The average Bonchev–Trinajstić information content (AvgIpc) is 1.99. The highest BCUT2D eigenvalue weighted by molar-refractivity contribution is 5.82. The Labute approximate surface area is 90.8 Å². The Morgan fingerprint density at radius 3 is 2.27 bits per heavy atom. The molecular weight excluding hydrogens is 194 g/mol. The Hall–Kier alpha value is -1.10. The van der Waals surface area contributed by atoms with E-state index in [0.717, 1.165) is 0 Å². The molecule has 0 aliphatic rings. The average molecular weight is 215 g/mol. The van der Waals surface area contributed by atoms with Crippen LogP contribution in [0.15, 0.2) is 0 Å². The topological polar surface area (TPSA) is 84.2 Å². The number of nitrogens with two attached hydrogens (primary N) is 1. The van der Waals surface area contributed by atoms with Gasteiger partial charge in [0.25, 0.3) is 0 Å². The Morgan fingerprint density at radius 2 is 1.87 bits per heavy atom. The van der Waals surface area contributed by atoms with E-state index in [4.69, 9.17) is 5.73 Å². The minimum absolute atomic E-state index is 0.0769. The van der Waals surface area contributed by atoms with Gasteiger partial charge in [0, 0.05) is 18.5 Å². The van der Waals surface area contributed by atoms with Crippen LogP contribution in [-0.4, -0.2) is 29.9 Å². The van der Waals surface area contributed by atoms with Crippen molar-refractivity contribution in [3.63, 3.8) is 0 Å². The van der Waals surface area contributed by atoms with Crippen molar-refractivity contribution >= 4 is 11.8 Å². The predicted octanol–water partition coefficient (Wildman–Crippen LogP) is -0.245. The monoisotopic (exact) mass is 215 g/mol. The molecule has 15 heavy (non-hydrogen) atoms. The minimum atomic E-state index is -0.370. The molecule has 88 valence electrons. The molecule has 0 aliphatic carbocycles. The highest BCUT2D eigenvalue weighted by Gasteiger charge is 2.18. The lowest BCUT2D eigenvalue weighted by atomic mass is 10.1. The highest BCUT2D eigenvalue weighted by Crippen LogP contribution is 1.99. The zero-order valence-electron chi connectivity index (χ0n) is 9.89. The normalized spacial score (nSPS) is 13.3. The summed E-state index contributed by atoms with van der Waals surface area (Å²) in [7, 11) is 0. The van der Waals surface area contributed by atoms with E-state index < -0.39 is 0 Å². The second-order valence-corrected chi connectivity index (χ2v) is 4.63. The molecule has 0 aromatic heterocycles. The van der Waals surface area contributed by atoms with Gasteiger partial charge in [0.05, 0.1) is 6.04 Å². The van der Waals surface area contributed by atoms with Gasteiger partial charge in [0.1, 0.15) is 0 Å². The number of hydrogen-bond donors (Lipinski definition) is 3. The van der Waals surface area contributed by atoms with E-state index in [1.165, 1.54) is 0 Å². The van der Waals surface area contributed by atoms with Crippen molar-refractivity contribution in [1.82, 2.24) is 10.6 Å². The van der Waals surface area contributed by atoms with Crippen LogP contribution in [0.5, 0.6) is 0 Å². The molecule has 4 N–H and O–H groups in total. The van der Waals surface area contributed by atoms with Crippen LogP contribution in [0.3, 0.4) is 0 Å². The van der Waals surface area contributed by atoms with Crippen molar-refractivity contribution in [2.24, 2.45) is 5.73 Å². The lowest BCUT2D eigenvalue weighted by Crippen LogP contribution is -2.49. The number of hydrogen-bond acceptors (Lipinski definition) is 3. The minimum Gasteiger partial charge on any atom is -0.370 e. The summed E-state index contributed by atoms with van der Waals surface area (Å²) in [4.78, 5) is 22.0. The summed E-state index contributed by atoms with van der Waals surface area (Å²) in [6, 6.07) is -0.316. The molecule has 1 atom stereocenters. The zero-order chi connectivity index (χ0) is 12.1. The summed E-state index contributed by atoms with van der Waals surface area (Å²) in [6.07, 6.45) is 0.243. The molecule has 0 spiro atoms. The Balaban J connectivity index is 3.85. The van der Waals surface area contributed by atoms with Crippen LogP contribution in [0.4, 0.5) is 0 Å². The van der Waals surface area contributed by atoms with Crippen molar-refractivity contribution in [2.45, 2.75) is 45.7 Å². The van der Waals surface area contributed by atoms with E-state index >= 15 is 0 Å². The summed E-state index contributed by atoms with van der Waals surface area (Å²) in [5.41, 5.74) is 4.74. The van der Waals surface area contributed by atoms with Crippen LogP contribution in [0.2, 0.25) is 0 Å². The highest BCUT2D eigenvalue weighted by atomic mass is 16.2. The second-order valence-electron chi connectivity index (χ2n) is 4.63. The van der Waals surface area contributed by atoms with E-state index in [9.17, 15) is 9.59 Å². The lowest BCUT2D eigenvalue weighted by molar-refractivity contribution is -0.124. The quantitative estimate of drug-likeness (QED) is 0.591. The fourth-order valence-electron chi connectivity index (χ4n) is 0.982. The standard InChI is InChI=1S/C10H21N3O2/c1-7(12-6-5-8(11)14)9(15)13-10(2,3)4/h7,12H,5-6H2,1-4H3,(H2,11,14)(H,13,15). The molecule has 0 heterocycles. The number of rotatable bonds is 5. The fraction of sp³-hybridized carbons (Fsp3) is 0.800. The lowest BCUT2D eigenvalue weighted by Gasteiger charge is -2.23. The molecule has 1 unspecified atom stereocenters. The molecule has 5 nitrogen and oxygen atoms in total. The van der Waals surface area contributed by atoms with Gasteiger partial charge in [0.2, 0.25) is 11.8 Å². The molecule has 0 radical (unpaired) electrons. The summed E-state index contributed by atoms with van der Waals surface area (Å²) in [6.45, 7) is 7.93. The number of primary amides is 1. The number of carbonyl (C=O) groups is 2. The first-order chi connectivity index (χ1) is 6.72. The largest absolute Gasteiger partial charge is 0.370 e. The summed E-state index contributed by atoms with van der Waals surface area (Å²) in [5.74, 6) is -0.446. The van der Waals surface area contributed by atoms with Gasteiger partial charge in [0.15, 0.2) is 0 Å². The van der Waals surface area contributed by atoms with Gasteiger partial charge in [-0.3, -0.25) is 9.59 Å². The first kappa shape index (κ1) is 13.9. The zero-order valence-corrected chi connectivity index (χ0v) is 9.89. The smallest absolute Gasteiger partial charge is 0.237 e. The first-order valence-electron chi connectivity index (χ1n) is 5.06. The second kappa shape index (κ2) is 5.70. The first-order valence-corrected chi connectivity index (χ1v) is 5.06. The van der Waals surface area contributed by atoms with E-state index in [0.29, 0.717) is 6.54 Å². The van der Waals surface area contributed by atoms with Gasteiger partial charge >= 0.3 is 0 Å². The SMILES string of the molecule is CC(NCCC(N)=O)C(=O)NC(C)(C)C. The van der Waals surface area contributed by atoms with Gasteiger partial charge < -0.3 is 16.4 Å². The van der Waals surface area contributed by atoms with Crippen LogP contribution in [0.1, 0.15) is 34.1 Å². The van der Waals surface area contributed by atoms with Crippen LogP contribution >= 0.6 is 0 Å². The van der Waals surface area contributed by atoms with Gasteiger partial charge in [-0.2, -0.15) is 0 Å². The number of carbonyl (C=O) groups excluding carboxylic acids is 2. The maximum atomic E-state index is 11.5. The van der Waals surface area contributed by atoms with Crippen molar-refractivity contribution < 1.29 is 9.59 Å². The fourth-order valence-corrected chi connectivity index (χ4v) is 0.982. The molecule has 5 heteroatoms. The third-order valence-corrected chi connectivity index (χ3v) is 1.71. The molecule has 0 fully saturated rings. The maximum Gasteiger partial charge on any atom is 0.237 e. The van der Waals surface area contributed by atoms with E-state index in [-0.39, 0.29) is 29.8 Å². The third-order valence-electron chi connectivity index (χ3n) is 1.71. The van der Waals surface area contributed by atoms with Gasteiger partial charge in [-0.15, -0.1) is 0 Å². The Morgan fingerprint density at radius 1 is 1.33 bits per heavy atom. The molecule has 0 saturated heterocycles. The van der Waals surface area contributed by atoms with Crippen LogP contribution < -0.4 is 16.4 Å². The van der Waals surface area contributed by atoms with Crippen molar-refractivity contribution in [2.75, 3.05) is 6.54 Å². The molecule has 2 amide bonds. The van der Waals surface area contributed by atoms with Crippen molar-refractivity contribution in [1.29, 1.82) is 0 Å². The molecule has 0 bridgehead atoms. The molecule has 0 rings (SSSR count). The molecule has 0 aromatic rings. The van der Waals surface area contributed by atoms with Crippen molar-refractivity contribution in [3.8, 4) is 0 Å².